The minimum Gasteiger partial charge on any atom is -0.310 e. The third kappa shape index (κ3) is 4.93. The monoisotopic (exact) mass is 210 g/mol. The van der Waals surface area contributed by atoms with Gasteiger partial charge in [-0.3, -0.25) is 4.68 Å². The SMILES string of the molecule is CC(C)CC(C)NC(C)Cn1cncn1. The van der Waals surface area contributed by atoms with Crippen LogP contribution in [0, 0.1) is 5.92 Å². The van der Waals surface area contributed by atoms with Crippen molar-refractivity contribution in [3.8, 4) is 0 Å². The quantitative estimate of drug-likeness (QED) is 0.777. The predicted molar refractivity (Wildman–Crippen MR) is 61.5 cm³/mol. The van der Waals surface area contributed by atoms with E-state index in [4.69, 9.17) is 0 Å². The molecule has 0 radical (unpaired) electrons. The minimum atomic E-state index is 0.431. The van der Waals surface area contributed by atoms with Crippen molar-refractivity contribution in [1.82, 2.24) is 20.1 Å². The van der Waals surface area contributed by atoms with Crippen molar-refractivity contribution in [2.75, 3.05) is 0 Å². The highest BCUT2D eigenvalue weighted by Gasteiger charge is 2.09. The molecule has 0 saturated carbocycles. The maximum Gasteiger partial charge on any atom is 0.137 e. The summed E-state index contributed by atoms with van der Waals surface area (Å²) in [6.07, 6.45) is 4.54. The van der Waals surface area contributed by atoms with E-state index in [0.717, 1.165) is 12.5 Å². The van der Waals surface area contributed by atoms with Crippen LogP contribution < -0.4 is 5.32 Å². The first-order valence-electron chi connectivity index (χ1n) is 5.66. The molecule has 2 atom stereocenters. The molecule has 1 aromatic heterocycles. The van der Waals surface area contributed by atoms with Gasteiger partial charge in [0.25, 0.3) is 0 Å². The molecule has 0 bridgehead atoms. The largest absolute Gasteiger partial charge is 0.310 e. The number of rotatable bonds is 6. The fraction of sp³-hybridized carbons (Fsp3) is 0.818. The first kappa shape index (κ1) is 12.2. The van der Waals surface area contributed by atoms with Crippen molar-refractivity contribution < 1.29 is 0 Å². The molecular formula is C11H22N4. The van der Waals surface area contributed by atoms with Crippen LogP contribution in [0.25, 0.3) is 0 Å². The van der Waals surface area contributed by atoms with Crippen molar-refractivity contribution in [3.05, 3.63) is 12.7 Å². The Kier molecular flexibility index (Phi) is 4.75. The highest BCUT2D eigenvalue weighted by Crippen LogP contribution is 2.04. The van der Waals surface area contributed by atoms with Crippen LogP contribution in [0.1, 0.15) is 34.1 Å². The maximum atomic E-state index is 4.09. The van der Waals surface area contributed by atoms with Gasteiger partial charge in [-0.1, -0.05) is 13.8 Å². The lowest BCUT2D eigenvalue weighted by molar-refractivity contribution is 0.368. The van der Waals surface area contributed by atoms with Gasteiger partial charge < -0.3 is 5.32 Å². The van der Waals surface area contributed by atoms with Gasteiger partial charge >= 0.3 is 0 Å². The molecule has 1 aromatic rings. The molecule has 0 aromatic carbocycles. The van der Waals surface area contributed by atoms with Crippen molar-refractivity contribution in [3.63, 3.8) is 0 Å². The number of aromatic nitrogens is 3. The number of nitrogens with one attached hydrogen (secondary N) is 1. The van der Waals surface area contributed by atoms with Crippen molar-refractivity contribution in [1.29, 1.82) is 0 Å². The average molecular weight is 210 g/mol. The van der Waals surface area contributed by atoms with Gasteiger partial charge in [-0.05, 0) is 26.2 Å². The summed E-state index contributed by atoms with van der Waals surface area (Å²) in [4.78, 5) is 3.93. The molecule has 1 N–H and O–H groups in total. The molecule has 0 amide bonds. The van der Waals surface area contributed by atoms with Crippen molar-refractivity contribution >= 4 is 0 Å². The number of hydrogen-bond donors (Lipinski definition) is 1. The van der Waals surface area contributed by atoms with Gasteiger partial charge in [0.1, 0.15) is 12.7 Å². The zero-order valence-electron chi connectivity index (χ0n) is 10.1. The van der Waals surface area contributed by atoms with E-state index < -0.39 is 0 Å². The third-order valence-electron chi connectivity index (χ3n) is 2.32. The molecule has 0 aliphatic heterocycles. The molecule has 86 valence electrons. The summed E-state index contributed by atoms with van der Waals surface area (Å²) in [5.41, 5.74) is 0. The van der Waals surface area contributed by atoms with E-state index in [1.165, 1.54) is 6.42 Å². The molecule has 1 heterocycles. The molecule has 0 spiro atoms. The second kappa shape index (κ2) is 5.85. The number of hydrogen-bond acceptors (Lipinski definition) is 3. The van der Waals surface area contributed by atoms with Crippen LogP contribution in [0.2, 0.25) is 0 Å². The Morgan fingerprint density at radius 2 is 1.93 bits per heavy atom. The van der Waals surface area contributed by atoms with Crippen LogP contribution in [-0.2, 0) is 6.54 Å². The molecule has 0 aliphatic rings. The van der Waals surface area contributed by atoms with Crippen LogP contribution in [0.3, 0.4) is 0 Å². The van der Waals surface area contributed by atoms with Gasteiger partial charge in [0.15, 0.2) is 0 Å². The van der Waals surface area contributed by atoms with Crippen molar-refractivity contribution in [2.45, 2.75) is 52.7 Å². The lowest BCUT2D eigenvalue weighted by atomic mass is 10.0. The van der Waals surface area contributed by atoms with Crippen molar-refractivity contribution in [2.24, 2.45) is 5.92 Å². The highest BCUT2D eigenvalue weighted by molar-refractivity contribution is 4.70. The van der Waals surface area contributed by atoms with Gasteiger partial charge in [-0.2, -0.15) is 5.10 Å². The second-order valence-electron chi connectivity index (χ2n) is 4.72. The molecule has 2 unspecified atom stereocenters. The van der Waals surface area contributed by atoms with Crippen LogP contribution >= 0.6 is 0 Å². The molecule has 4 heteroatoms. The van der Waals surface area contributed by atoms with E-state index in [-0.39, 0.29) is 0 Å². The summed E-state index contributed by atoms with van der Waals surface area (Å²) < 4.78 is 1.86. The molecule has 15 heavy (non-hydrogen) atoms. The van der Waals surface area contributed by atoms with E-state index in [9.17, 15) is 0 Å². The standard InChI is InChI=1S/C11H22N4/c1-9(2)5-10(3)14-11(4)6-15-8-12-7-13-15/h7-11,14H,5-6H2,1-4H3. The maximum absolute atomic E-state index is 4.09. The van der Waals surface area contributed by atoms with E-state index in [1.807, 2.05) is 4.68 Å². The Labute approximate surface area is 92.1 Å². The van der Waals surface area contributed by atoms with Gasteiger partial charge in [-0.25, -0.2) is 4.98 Å². The zero-order chi connectivity index (χ0) is 11.3. The van der Waals surface area contributed by atoms with E-state index in [0.29, 0.717) is 12.1 Å². The summed E-state index contributed by atoms with van der Waals surface area (Å²) in [7, 11) is 0. The Hall–Kier alpha value is -0.900. The van der Waals surface area contributed by atoms with E-state index in [2.05, 4.69) is 43.1 Å². The minimum absolute atomic E-state index is 0.431. The first-order valence-corrected chi connectivity index (χ1v) is 5.66. The second-order valence-corrected chi connectivity index (χ2v) is 4.72. The fourth-order valence-electron chi connectivity index (χ4n) is 1.92. The summed E-state index contributed by atoms with van der Waals surface area (Å²) in [5.74, 6) is 0.742. The molecule has 4 nitrogen and oxygen atoms in total. The topological polar surface area (TPSA) is 42.7 Å². The zero-order valence-corrected chi connectivity index (χ0v) is 10.1. The van der Waals surface area contributed by atoms with Gasteiger partial charge in [0, 0.05) is 12.1 Å². The fourth-order valence-corrected chi connectivity index (χ4v) is 1.92. The summed E-state index contributed by atoms with van der Waals surface area (Å²) in [5, 5.41) is 7.65. The Morgan fingerprint density at radius 3 is 2.47 bits per heavy atom. The summed E-state index contributed by atoms with van der Waals surface area (Å²) in [6.45, 7) is 9.79. The molecule has 0 saturated heterocycles. The average Bonchev–Trinajstić information content (AvgIpc) is 2.53. The van der Waals surface area contributed by atoms with E-state index in [1.54, 1.807) is 12.7 Å². The molecule has 0 fully saturated rings. The normalized spacial score (nSPS) is 15.5. The number of nitrogens with zero attached hydrogens (tertiary/aromatic N) is 3. The lowest BCUT2D eigenvalue weighted by Crippen LogP contribution is -2.38. The lowest BCUT2D eigenvalue weighted by Gasteiger charge is -2.21. The highest BCUT2D eigenvalue weighted by atomic mass is 15.3. The Bertz CT molecular complexity index is 256. The molecule has 1 rings (SSSR count). The van der Waals surface area contributed by atoms with Gasteiger partial charge in [0.2, 0.25) is 0 Å². The van der Waals surface area contributed by atoms with Crippen LogP contribution in [-0.4, -0.2) is 26.8 Å². The molecular weight excluding hydrogens is 188 g/mol. The Balaban J connectivity index is 2.26. The predicted octanol–water partition coefficient (Wildman–Crippen LogP) is 1.69. The summed E-state index contributed by atoms with van der Waals surface area (Å²) >= 11 is 0. The van der Waals surface area contributed by atoms with Crippen LogP contribution in [0.15, 0.2) is 12.7 Å². The van der Waals surface area contributed by atoms with Crippen LogP contribution in [0.4, 0.5) is 0 Å². The third-order valence-corrected chi connectivity index (χ3v) is 2.32. The summed E-state index contributed by atoms with van der Waals surface area (Å²) in [6, 6.07) is 0.990. The first-order chi connectivity index (χ1) is 7.08. The van der Waals surface area contributed by atoms with Gasteiger partial charge in [-0.15, -0.1) is 0 Å². The van der Waals surface area contributed by atoms with Crippen LogP contribution in [0.5, 0.6) is 0 Å². The van der Waals surface area contributed by atoms with E-state index >= 15 is 0 Å². The Morgan fingerprint density at radius 1 is 1.20 bits per heavy atom. The smallest absolute Gasteiger partial charge is 0.137 e. The van der Waals surface area contributed by atoms with Gasteiger partial charge in [0.05, 0.1) is 6.54 Å². The molecule has 0 aliphatic carbocycles.